The number of nitrogens with zero attached hydrogens (tertiary/aromatic N) is 1. The molecule has 1 aromatic rings. The molecule has 7 heteroatoms. The number of rotatable bonds is 6. The summed E-state index contributed by atoms with van der Waals surface area (Å²) in [6, 6.07) is 4.93. The van der Waals surface area contributed by atoms with Gasteiger partial charge in [-0.05, 0) is 25.0 Å². The molecule has 116 valence electrons. The molecule has 1 saturated carbocycles. The van der Waals surface area contributed by atoms with Crippen LogP contribution in [-0.2, 0) is 0 Å². The number of hydrazine groups is 1. The Labute approximate surface area is 123 Å². The summed E-state index contributed by atoms with van der Waals surface area (Å²) in [5.74, 6) is 5.33. The van der Waals surface area contributed by atoms with Crippen LogP contribution in [-0.4, -0.2) is 23.2 Å². The highest BCUT2D eigenvalue weighted by Crippen LogP contribution is 2.38. The molecule has 0 heterocycles. The Morgan fingerprint density at radius 2 is 1.95 bits per heavy atom. The van der Waals surface area contributed by atoms with Gasteiger partial charge in [0.15, 0.2) is 0 Å². The molecule has 7 nitrogen and oxygen atoms in total. The van der Waals surface area contributed by atoms with Crippen LogP contribution in [0.15, 0.2) is 18.2 Å². The largest absolute Gasteiger partial charge is 0.396 e. The lowest BCUT2D eigenvalue weighted by Gasteiger charge is -2.36. The zero-order valence-electron chi connectivity index (χ0n) is 12.0. The van der Waals surface area contributed by atoms with Gasteiger partial charge in [0.1, 0.15) is 11.4 Å². The Morgan fingerprint density at radius 1 is 1.29 bits per heavy atom. The summed E-state index contributed by atoms with van der Waals surface area (Å²) in [7, 11) is 0. The van der Waals surface area contributed by atoms with Gasteiger partial charge in [0.05, 0.1) is 11.5 Å². The molecule has 0 spiro atoms. The van der Waals surface area contributed by atoms with E-state index in [1.165, 1.54) is 6.42 Å². The molecule has 1 aliphatic rings. The summed E-state index contributed by atoms with van der Waals surface area (Å²) in [6.07, 6.45) is 5.26. The van der Waals surface area contributed by atoms with Crippen molar-refractivity contribution < 1.29 is 10.0 Å². The first kappa shape index (κ1) is 15.5. The third kappa shape index (κ3) is 3.43. The van der Waals surface area contributed by atoms with Crippen molar-refractivity contribution in [1.29, 1.82) is 0 Å². The number of nitro groups is 1. The number of nitrogens with two attached hydrogens (primary N) is 1. The van der Waals surface area contributed by atoms with E-state index in [-0.39, 0.29) is 23.4 Å². The van der Waals surface area contributed by atoms with Gasteiger partial charge in [-0.2, -0.15) is 0 Å². The summed E-state index contributed by atoms with van der Waals surface area (Å²) in [5.41, 5.74) is 2.79. The van der Waals surface area contributed by atoms with Gasteiger partial charge in [-0.25, -0.2) is 0 Å². The number of aliphatic hydroxyl groups is 1. The SMILES string of the molecule is NNc1cccc(NCC2(CO)CCCCC2)c1[N+](=O)[O-]. The molecule has 0 amide bonds. The van der Waals surface area contributed by atoms with Crippen LogP contribution in [0.5, 0.6) is 0 Å². The third-order valence-corrected chi connectivity index (χ3v) is 4.28. The minimum absolute atomic E-state index is 0.0658. The molecule has 0 radical (unpaired) electrons. The predicted molar refractivity (Wildman–Crippen MR) is 82.0 cm³/mol. The van der Waals surface area contributed by atoms with Gasteiger partial charge in [-0.1, -0.05) is 25.3 Å². The molecule has 0 unspecified atom stereocenters. The lowest BCUT2D eigenvalue weighted by molar-refractivity contribution is -0.383. The number of benzene rings is 1. The first-order chi connectivity index (χ1) is 10.1. The predicted octanol–water partition coefficient (Wildman–Crippen LogP) is 2.24. The molecular formula is C14H22N4O3. The van der Waals surface area contributed by atoms with Crippen molar-refractivity contribution >= 4 is 17.1 Å². The Hall–Kier alpha value is -1.86. The number of para-hydroxylation sites is 1. The van der Waals surface area contributed by atoms with E-state index < -0.39 is 4.92 Å². The van der Waals surface area contributed by atoms with Crippen LogP contribution >= 0.6 is 0 Å². The number of nitrogen functional groups attached to an aromatic ring is 1. The van der Waals surface area contributed by atoms with Crippen LogP contribution < -0.4 is 16.6 Å². The van der Waals surface area contributed by atoms with Gasteiger partial charge in [-0.3, -0.25) is 16.0 Å². The second-order valence-corrected chi connectivity index (χ2v) is 5.68. The Morgan fingerprint density at radius 3 is 2.52 bits per heavy atom. The summed E-state index contributed by atoms with van der Waals surface area (Å²) >= 11 is 0. The second kappa shape index (κ2) is 6.73. The van der Waals surface area contributed by atoms with E-state index in [1.807, 2.05) is 0 Å². The normalized spacial score (nSPS) is 17.2. The zero-order chi connectivity index (χ0) is 15.3. The number of aliphatic hydroxyl groups excluding tert-OH is 1. The van der Waals surface area contributed by atoms with Crippen LogP contribution in [0.25, 0.3) is 0 Å². The highest BCUT2D eigenvalue weighted by atomic mass is 16.6. The van der Waals surface area contributed by atoms with Crippen LogP contribution in [0.2, 0.25) is 0 Å². The molecule has 0 atom stereocenters. The monoisotopic (exact) mass is 294 g/mol. The Balaban J connectivity index is 2.17. The van der Waals surface area contributed by atoms with Gasteiger partial charge in [0, 0.05) is 12.0 Å². The fourth-order valence-electron chi connectivity index (χ4n) is 2.97. The average Bonchev–Trinajstić information content (AvgIpc) is 2.53. The molecule has 0 aromatic heterocycles. The average molecular weight is 294 g/mol. The standard InChI is InChI=1S/C14H22N4O3/c15-17-12-6-4-5-11(13(12)18(20)21)16-9-14(10-19)7-2-1-3-8-14/h4-6,16-17,19H,1-3,7-10,15H2. The van der Waals surface area contributed by atoms with E-state index in [0.717, 1.165) is 25.7 Å². The van der Waals surface area contributed by atoms with Crippen molar-refractivity contribution in [3.05, 3.63) is 28.3 Å². The first-order valence-electron chi connectivity index (χ1n) is 7.21. The van der Waals surface area contributed by atoms with Gasteiger partial charge >= 0.3 is 5.69 Å². The minimum Gasteiger partial charge on any atom is -0.396 e. The maximum absolute atomic E-state index is 11.2. The molecule has 2 rings (SSSR count). The van der Waals surface area contributed by atoms with E-state index >= 15 is 0 Å². The van der Waals surface area contributed by atoms with Gasteiger partial charge in [-0.15, -0.1) is 0 Å². The van der Waals surface area contributed by atoms with E-state index in [9.17, 15) is 15.2 Å². The van der Waals surface area contributed by atoms with Gasteiger partial charge < -0.3 is 15.8 Å². The summed E-state index contributed by atoms with van der Waals surface area (Å²) in [6.45, 7) is 0.626. The third-order valence-electron chi connectivity index (χ3n) is 4.28. The molecule has 0 bridgehead atoms. The van der Waals surface area contributed by atoms with Crippen LogP contribution in [0, 0.1) is 15.5 Å². The molecule has 0 saturated heterocycles. The lowest BCUT2D eigenvalue weighted by Crippen LogP contribution is -2.35. The van der Waals surface area contributed by atoms with E-state index in [1.54, 1.807) is 18.2 Å². The quantitative estimate of drug-likeness (QED) is 0.363. The fraction of sp³-hybridized carbons (Fsp3) is 0.571. The van der Waals surface area contributed by atoms with Crippen molar-refractivity contribution in [2.45, 2.75) is 32.1 Å². The zero-order valence-corrected chi connectivity index (χ0v) is 12.0. The number of nitro benzene ring substituents is 1. The molecule has 1 fully saturated rings. The van der Waals surface area contributed by atoms with Crippen molar-refractivity contribution in [1.82, 2.24) is 0 Å². The highest BCUT2D eigenvalue weighted by Gasteiger charge is 2.32. The molecular weight excluding hydrogens is 272 g/mol. The molecule has 5 N–H and O–H groups in total. The summed E-state index contributed by atoms with van der Waals surface area (Å²) < 4.78 is 0. The number of hydrogen-bond donors (Lipinski definition) is 4. The highest BCUT2D eigenvalue weighted by molar-refractivity contribution is 5.75. The smallest absolute Gasteiger partial charge is 0.316 e. The Bertz CT molecular complexity index is 501. The summed E-state index contributed by atoms with van der Waals surface area (Å²) in [4.78, 5) is 10.8. The fourth-order valence-corrected chi connectivity index (χ4v) is 2.97. The van der Waals surface area contributed by atoms with E-state index in [2.05, 4.69) is 10.7 Å². The number of anilines is 2. The topological polar surface area (TPSA) is 113 Å². The van der Waals surface area contributed by atoms with E-state index in [4.69, 9.17) is 5.84 Å². The maximum atomic E-state index is 11.2. The lowest BCUT2D eigenvalue weighted by atomic mass is 9.74. The Kier molecular flexibility index (Phi) is 4.98. The molecule has 21 heavy (non-hydrogen) atoms. The first-order valence-corrected chi connectivity index (χ1v) is 7.21. The van der Waals surface area contributed by atoms with Crippen molar-refractivity contribution in [3.63, 3.8) is 0 Å². The summed E-state index contributed by atoms with van der Waals surface area (Å²) in [5, 5.41) is 24.0. The van der Waals surface area contributed by atoms with Crippen LogP contribution in [0.3, 0.4) is 0 Å². The molecule has 0 aliphatic heterocycles. The van der Waals surface area contributed by atoms with Crippen molar-refractivity contribution in [2.75, 3.05) is 23.9 Å². The minimum atomic E-state index is -0.454. The maximum Gasteiger partial charge on any atom is 0.316 e. The van der Waals surface area contributed by atoms with Gasteiger partial charge in [0.2, 0.25) is 0 Å². The van der Waals surface area contributed by atoms with Crippen molar-refractivity contribution in [2.24, 2.45) is 11.3 Å². The number of nitrogens with one attached hydrogen (secondary N) is 2. The van der Waals surface area contributed by atoms with E-state index in [0.29, 0.717) is 12.2 Å². The molecule has 1 aliphatic carbocycles. The van der Waals surface area contributed by atoms with Crippen LogP contribution in [0.1, 0.15) is 32.1 Å². The van der Waals surface area contributed by atoms with Crippen LogP contribution in [0.4, 0.5) is 17.1 Å². The number of hydrogen-bond acceptors (Lipinski definition) is 6. The van der Waals surface area contributed by atoms with Gasteiger partial charge in [0.25, 0.3) is 0 Å². The van der Waals surface area contributed by atoms with Crippen molar-refractivity contribution in [3.8, 4) is 0 Å². The molecule has 1 aromatic carbocycles. The second-order valence-electron chi connectivity index (χ2n) is 5.68.